The van der Waals surface area contributed by atoms with Gasteiger partial charge in [-0.15, -0.1) is 0 Å². The molecule has 0 saturated carbocycles. The van der Waals surface area contributed by atoms with Crippen molar-refractivity contribution >= 4 is 23.7 Å². The van der Waals surface area contributed by atoms with E-state index in [0.717, 1.165) is 5.57 Å². The molecule has 20 heavy (non-hydrogen) atoms. The van der Waals surface area contributed by atoms with Gasteiger partial charge in [0, 0.05) is 13.1 Å². The van der Waals surface area contributed by atoms with Crippen molar-refractivity contribution in [3.63, 3.8) is 0 Å². The average Bonchev–Trinajstić information content (AvgIpc) is 2.36. The largest absolute Gasteiger partial charge is 0.462 e. The van der Waals surface area contributed by atoms with Crippen molar-refractivity contribution < 1.29 is 19.1 Å². The van der Waals surface area contributed by atoms with Crippen molar-refractivity contribution in [3.8, 4) is 0 Å². The topological polar surface area (TPSA) is 55.8 Å². The van der Waals surface area contributed by atoms with Gasteiger partial charge in [-0.2, -0.15) is 0 Å². The van der Waals surface area contributed by atoms with E-state index in [2.05, 4.69) is 0 Å². The summed E-state index contributed by atoms with van der Waals surface area (Å²) in [6, 6.07) is 0. The van der Waals surface area contributed by atoms with Crippen LogP contribution in [-0.2, 0) is 14.3 Å². The first-order valence-electron chi connectivity index (χ1n) is 6.77. The molecule has 0 aliphatic carbocycles. The highest BCUT2D eigenvalue weighted by Crippen LogP contribution is 2.24. The fourth-order valence-corrected chi connectivity index (χ4v) is 2.09. The van der Waals surface area contributed by atoms with Gasteiger partial charge in [0.25, 0.3) is 0 Å². The Labute approximate surface area is 124 Å². The van der Waals surface area contributed by atoms with Gasteiger partial charge in [0.15, 0.2) is 0 Å². The second-order valence-corrected chi connectivity index (χ2v) is 5.98. The van der Waals surface area contributed by atoms with Crippen LogP contribution < -0.4 is 0 Å². The van der Waals surface area contributed by atoms with E-state index in [4.69, 9.17) is 21.1 Å². The smallest absolute Gasteiger partial charge is 0.410 e. The zero-order chi connectivity index (χ0) is 15.3. The number of rotatable bonds is 2. The predicted molar refractivity (Wildman–Crippen MR) is 76.6 cm³/mol. The zero-order valence-electron chi connectivity index (χ0n) is 12.5. The number of ether oxygens (including phenoxy) is 2. The van der Waals surface area contributed by atoms with Crippen molar-refractivity contribution in [1.82, 2.24) is 4.90 Å². The van der Waals surface area contributed by atoms with Crippen LogP contribution in [0.3, 0.4) is 0 Å². The second kappa shape index (κ2) is 6.97. The third kappa shape index (κ3) is 5.04. The van der Waals surface area contributed by atoms with Crippen molar-refractivity contribution in [3.05, 3.63) is 10.6 Å². The second-order valence-electron chi connectivity index (χ2n) is 5.61. The van der Waals surface area contributed by atoms with Crippen LogP contribution in [-0.4, -0.2) is 42.3 Å². The Morgan fingerprint density at radius 3 is 2.25 bits per heavy atom. The highest BCUT2D eigenvalue weighted by Gasteiger charge is 2.26. The molecule has 6 heteroatoms. The number of piperidine rings is 1. The summed E-state index contributed by atoms with van der Waals surface area (Å²) in [5, 5.41) is 0.149. The van der Waals surface area contributed by atoms with Gasteiger partial charge in [-0.1, -0.05) is 11.6 Å². The van der Waals surface area contributed by atoms with Crippen LogP contribution in [0.2, 0.25) is 0 Å². The monoisotopic (exact) mass is 303 g/mol. The Morgan fingerprint density at radius 1 is 1.25 bits per heavy atom. The molecule has 1 aliphatic heterocycles. The lowest BCUT2D eigenvalue weighted by atomic mass is 10.0. The number of likely N-dealkylation sites (tertiary alicyclic amines) is 1. The van der Waals surface area contributed by atoms with Gasteiger partial charge in [-0.05, 0) is 46.1 Å². The van der Waals surface area contributed by atoms with E-state index in [1.165, 1.54) is 0 Å². The Hall–Kier alpha value is -1.23. The number of carbonyl (C=O) groups is 2. The molecule has 1 heterocycles. The molecule has 0 aromatic rings. The van der Waals surface area contributed by atoms with Gasteiger partial charge in [0.05, 0.1) is 6.61 Å². The molecule has 0 radical (unpaired) electrons. The minimum Gasteiger partial charge on any atom is -0.462 e. The van der Waals surface area contributed by atoms with Crippen LogP contribution in [0.5, 0.6) is 0 Å². The quantitative estimate of drug-likeness (QED) is 0.581. The van der Waals surface area contributed by atoms with E-state index >= 15 is 0 Å². The van der Waals surface area contributed by atoms with Gasteiger partial charge >= 0.3 is 12.1 Å². The molecule has 0 unspecified atom stereocenters. The highest BCUT2D eigenvalue weighted by atomic mass is 35.5. The summed E-state index contributed by atoms with van der Waals surface area (Å²) in [4.78, 5) is 25.0. The molecule has 0 aromatic heterocycles. The first kappa shape index (κ1) is 16.8. The first-order valence-corrected chi connectivity index (χ1v) is 7.15. The number of esters is 1. The zero-order valence-corrected chi connectivity index (χ0v) is 13.2. The Bertz CT molecular complexity index is 402. The van der Waals surface area contributed by atoms with Crippen LogP contribution in [0.4, 0.5) is 4.79 Å². The maximum absolute atomic E-state index is 11.9. The lowest BCUT2D eigenvalue weighted by molar-refractivity contribution is -0.137. The van der Waals surface area contributed by atoms with Crippen LogP contribution in [0.15, 0.2) is 10.6 Å². The van der Waals surface area contributed by atoms with E-state index in [0.29, 0.717) is 32.5 Å². The van der Waals surface area contributed by atoms with Crippen LogP contribution in [0.1, 0.15) is 40.5 Å². The lowest BCUT2D eigenvalue weighted by Crippen LogP contribution is -2.40. The molecule has 0 spiro atoms. The summed E-state index contributed by atoms with van der Waals surface area (Å²) in [6.45, 7) is 8.53. The first-order chi connectivity index (χ1) is 9.24. The molecular weight excluding hydrogens is 282 g/mol. The number of amides is 1. The number of carbonyl (C=O) groups excluding carboxylic acids is 2. The van der Waals surface area contributed by atoms with Crippen molar-refractivity contribution in [1.29, 1.82) is 0 Å². The maximum atomic E-state index is 11.9. The Balaban J connectivity index is 2.57. The molecule has 0 bridgehead atoms. The maximum Gasteiger partial charge on any atom is 0.410 e. The van der Waals surface area contributed by atoms with E-state index in [1.807, 2.05) is 20.8 Å². The van der Waals surface area contributed by atoms with E-state index in [-0.39, 0.29) is 11.1 Å². The van der Waals surface area contributed by atoms with Crippen LogP contribution in [0.25, 0.3) is 0 Å². The molecule has 1 aliphatic rings. The Morgan fingerprint density at radius 2 is 1.80 bits per heavy atom. The van der Waals surface area contributed by atoms with Crippen molar-refractivity contribution in [2.75, 3.05) is 19.7 Å². The van der Waals surface area contributed by atoms with E-state index < -0.39 is 11.6 Å². The van der Waals surface area contributed by atoms with Gasteiger partial charge < -0.3 is 14.4 Å². The number of halogens is 1. The van der Waals surface area contributed by atoms with Crippen LogP contribution in [0, 0.1) is 0 Å². The number of hydrogen-bond donors (Lipinski definition) is 0. The summed E-state index contributed by atoms with van der Waals surface area (Å²) in [5.41, 5.74) is 0.334. The van der Waals surface area contributed by atoms with Crippen molar-refractivity contribution in [2.24, 2.45) is 0 Å². The molecule has 1 fully saturated rings. The van der Waals surface area contributed by atoms with E-state index in [9.17, 15) is 9.59 Å². The van der Waals surface area contributed by atoms with Crippen LogP contribution >= 0.6 is 11.6 Å². The standard InChI is InChI=1S/C14H22ClNO4/c1-5-19-12(17)11(15)10-6-8-16(9-7-10)13(18)20-14(2,3)4/h5-9H2,1-4H3. The summed E-state index contributed by atoms with van der Waals surface area (Å²) in [6.07, 6.45) is 0.803. The molecule has 1 saturated heterocycles. The number of nitrogens with zero attached hydrogens (tertiary/aromatic N) is 1. The molecule has 1 amide bonds. The molecule has 1 rings (SSSR count). The van der Waals surface area contributed by atoms with Gasteiger partial charge in [-0.25, -0.2) is 9.59 Å². The normalized spacial score (nSPS) is 15.8. The summed E-state index contributed by atoms with van der Waals surface area (Å²) in [7, 11) is 0. The fourth-order valence-electron chi connectivity index (χ4n) is 1.84. The van der Waals surface area contributed by atoms with Gasteiger partial charge in [0.2, 0.25) is 0 Å². The average molecular weight is 304 g/mol. The summed E-state index contributed by atoms with van der Waals surface area (Å²) < 4.78 is 10.2. The molecular formula is C14H22ClNO4. The molecule has 5 nitrogen and oxygen atoms in total. The third-order valence-corrected chi connectivity index (χ3v) is 3.21. The number of hydrogen-bond acceptors (Lipinski definition) is 4. The Kier molecular flexibility index (Phi) is 5.87. The lowest BCUT2D eigenvalue weighted by Gasteiger charge is -2.31. The molecule has 114 valence electrons. The van der Waals surface area contributed by atoms with Crippen molar-refractivity contribution in [2.45, 2.75) is 46.1 Å². The molecule has 0 N–H and O–H groups in total. The third-order valence-electron chi connectivity index (χ3n) is 2.78. The van der Waals surface area contributed by atoms with E-state index in [1.54, 1.807) is 11.8 Å². The van der Waals surface area contributed by atoms with Gasteiger partial charge in [-0.3, -0.25) is 0 Å². The summed E-state index contributed by atoms with van der Waals surface area (Å²) in [5.74, 6) is -0.491. The SMILES string of the molecule is CCOC(=O)C(Cl)=C1CCN(C(=O)OC(C)(C)C)CC1. The van der Waals surface area contributed by atoms with Gasteiger partial charge in [0.1, 0.15) is 10.6 Å². The molecule has 0 atom stereocenters. The molecule has 0 aromatic carbocycles. The predicted octanol–water partition coefficient (Wildman–Crippen LogP) is 3.07. The highest BCUT2D eigenvalue weighted by molar-refractivity contribution is 6.41. The fraction of sp³-hybridized carbons (Fsp3) is 0.714. The minimum absolute atomic E-state index is 0.149. The minimum atomic E-state index is -0.504. The summed E-state index contributed by atoms with van der Waals surface area (Å²) >= 11 is 5.99.